The molecule has 0 atom stereocenters. The van der Waals surface area contributed by atoms with E-state index >= 15 is 0 Å². The van der Waals surface area contributed by atoms with Crippen LogP contribution in [-0.2, 0) is 25.4 Å². The molecule has 1 saturated carbocycles. The number of hydrogen-bond donors (Lipinski definition) is 0. The third kappa shape index (κ3) is 4.33. The van der Waals surface area contributed by atoms with E-state index in [1.807, 2.05) is 32.6 Å². The van der Waals surface area contributed by atoms with Gasteiger partial charge in [0.05, 0.1) is 23.3 Å². The Bertz CT molecular complexity index is 905. The fourth-order valence-electron chi connectivity index (χ4n) is 4.99. The monoisotopic (exact) mass is 462 g/mol. The second kappa shape index (κ2) is 8.00. The third-order valence-corrected chi connectivity index (χ3v) is 8.11. The zero-order valence-electron chi connectivity index (χ0n) is 20.0. The summed E-state index contributed by atoms with van der Waals surface area (Å²) in [4.78, 5) is 16.2. The molecule has 1 aromatic rings. The summed E-state index contributed by atoms with van der Waals surface area (Å²) in [5.74, 6) is -1.09. The second-order valence-corrected chi connectivity index (χ2v) is 11.1. The average molecular weight is 462 g/mol. The van der Waals surface area contributed by atoms with E-state index in [1.165, 1.54) is 12.1 Å². The largest absolute Gasteiger partial charge is 0.495 e. The Hall–Kier alpha value is -1.55. The van der Waals surface area contributed by atoms with Crippen LogP contribution in [0.1, 0.15) is 58.9 Å². The quantitative estimate of drug-likeness (QED) is 0.645. The highest BCUT2D eigenvalue weighted by Gasteiger charge is 2.52. The topological polar surface area (TPSA) is 51.2 Å². The SMILES string of the molecule is CC1(C)OB(c2cc(F)c(CN3CCC4(CC3)CN(C3CC3)C(=O)CO4)c(F)c2)OC1(C)C. The van der Waals surface area contributed by atoms with E-state index in [9.17, 15) is 13.6 Å². The molecular formula is C24H33BF2N2O4. The minimum Gasteiger partial charge on any atom is -0.399 e. The lowest BCUT2D eigenvalue weighted by Crippen LogP contribution is -2.59. The number of piperidine rings is 1. The summed E-state index contributed by atoms with van der Waals surface area (Å²) in [5, 5.41) is 0. The van der Waals surface area contributed by atoms with Crippen molar-refractivity contribution in [2.75, 3.05) is 26.2 Å². The van der Waals surface area contributed by atoms with Crippen LogP contribution in [0.3, 0.4) is 0 Å². The van der Waals surface area contributed by atoms with Crippen LogP contribution >= 0.6 is 0 Å². The van der Waals surface area contributed by atoms with E-state index in [0.717, 1.165) is 25.7 Å². The van der Waals surface area contributed by atoms with Gasteiger partial charge in [0.15, 0.2) is 0 Å². The molecule has 1 amide bonds. The molecule has 3 saturated heterocycles. The highest BCUT2D eigenvalue weighted by molar-refractivity contribution is 6.62. The van der Waals surface area contributed by atoms with Crippen LogP contribution in [0, 0.1) is 11.6 Å². The number of ether oxygens (including phenoxy) is 1. The van der Waals surface area contributed by atoms with Crippen LogP contribution in [0.4, 0.5) is 8.78 Å². The first kappa shape index (κ1) is 23.2. The zero-order chi connectivity index (χ0) is 23.6. The number of rotatable bonds is 4. The van der Waals surface area contributed by atoms with Gasteiger partial charge in [-0.25, -0.2) is 8.78 Å². The average Bonchev–Trinajstić information content (AvgIpc) is 3.55. The van der Waals surface area contributed by atoms with Crippen molar-refractivity contribution in [1.29, 1.82) is 0 Å². The Balaban J connectivity index is 1.23. The Morgan fingerprint density at radius 2 is 1.61 bits per heavy atom. The van der Waals surface area contributed by atoms with Crippen molar-refractivity contribution in [2.45, 2.75) is 82.8 Å². The molecule has 0 bridgehead atoms. The van der Waals surface area contributed by atoms with E-state index in [1.54, 1.807) is 0 Å². The summed E-state index contributed by atoms with van der Waals surface area (Å²) in [6.45, 7) is 9.95. The number of amides is 1. The van der Waals surface area contributed by atoms with Crippen molar-refractivity contribution in [3.05, 3.63) is 29.3 Å². The van der Waals surface area contributed by atoms with Gasteiger partial charge in [-0.15, -0.1) is 0 Å². The van der Waals surface area contributed by atoms with E-state index in [-0.39, 0.29) is 30.2 Å². The number of hydrogen-bond acceptors (Lipinski definition) is 5. The maximum absolute atomic E-state index is 15.0. The number of likely N-dealkylation sites (tertiary alicyclic amines) is 1. The van der Waals surface area contributed by atoms with Gasteiger partial charge in [-0.1, -0.05) is 0 Å². The fourth-order valence-corrected chi connectivity index (χ4v) is 4.99. The molecule has 3 heterocycles. The van der Waals surface area contributed by atoms with Gasteiger partial charge in [-0.2, -0.15) is 0 Å². The first-order chi connectivity index (χ1) is 15.5. The smallest absolute Gasteiger partial charge is 0.399 e. The second-order valence-electron chi connectivity index (χ2n) is 11.1. The summed E-state index contributed by atoms with van der Waals surface area (Å²) in [7, 11) is -0.802. The van der Waals surface area contributed by atoms with E-state index in [2.05, 4.69) is 4.90 Å². The molecular weight excluding hydrogens is 429 g/mol. The molecule has 4 fully saturated rings. The number of nitrogens with zero attached hydrogens (tertiary/aromatic N) is 2. The predicted octanol–water partition coefficient (Wildman–Crippen LogP) is 2.62. The van der Waals surface area contributed by atoms with Crippen LogP contribution in [0.25, 0.3) is 0 Å². The Labute approximate surface area is 194 Å². The van der Waals surface area contributed by atoms with Crippen LogP contribution in [-0.4, -0.2) is 71.9 Å². The number of carbonyl (C=O) groups excluding carboxylic acids is 1. The first-order valence-electron chi connectivity index (χ1n) is 12.0. The van der Waals surface area contributed by atoms with Crippen molar-refractivity contribution in [2.24, 2.45) is 0 Å². The van der Waals surface area contributed by atoms with Gasteiger partial charge in [-0.05, 0) is 71.0 Å². The maximum Gasteiger partial charge on any atom is 0.495 e. The fraction of sp³-hybridized carbons (Fsp3) is 0.708. The molecule has 3 aliphatic heterocycles. The highest BCUT2D eigenvalue weighted by atomic mass is 19.1. The Morgan fingerprint density at radius 3 is 2.15 bits per heavy atom. The summed E-state index contributed by atoms with van der Waals surface area (Å²) in [6.07, 6.45) is 3.65. The van der Waals surface area contributed by atoms with E-state index < -0.39 is 30.0 Å². The molecule has 6 nitrogen and oxygen atoms in total. The van der Waals surface area contributed by atoms with Crippen molar-refractivity contribution in [3.8, 4) is 0 Å². The maximum atomic E-state index is 15.0. The minimum atomic E-state index is -0.802. The molecule has 1 aliphatic carbocycles. The Morgan fingerprint density at radius 1 is 1.03 bits per heavy atom. The number of halogens is 2. The lowest BCUT2D eigenvalue weighted by molar-refractivity contribution is -0.172. The molecule has 5 rings (SSSR count). The highest BCUT2D eigenvalue weighted by Crippen LogP contribution is 2.38. The minimum absolute atomic E-state index is 0.0607. The van der Waals surface area contributed by atoms with E-state index in [4.69, 9.17) is 14.0 Å². The van der Waals surface area contributed by atoms with Crippen LogP contribution in [0.5, 0.6) is 0 Å². The molecule has 180 valence electrons. The van der Waals surface area contributed by atoms with Crippen molar-refractivity contribution < 1.29 is 27.6 Å². The van der Waals surface area contributed by atoms with Gasteiger partial charge in [0.25, 0.3) is 0 Å². The molecule has 0 radical (unpaired) electrons. The lowest BCUT2D eigenvalue weighted by Gasteiger charge is -2.47. The van der Waals surface area contributed by atoms with Crippen LogP contribution in [0.2, 0.25) is 0 Å². The standard InChI is InChI=1S/C24H33BF2N2O4/c1-22(2)23(3,4)33-25(32-22)16-11-19(26)18(20(27)12-16)13-28-9-7-24(8-10-28)15-29(17-5-6-17)21(30)14-31-24/h11-12,17H,5-10,13-15H2,1-4H3. The number of morpholine rings is 1. The molecule has 1 spiro atoms. The van der Waals surface area contributed by atoms with Crippen molar-refractivity contribution in [1.82, 2.24) is 9.80 Å². The summed E-state index contributed by atoms with van der Waals surface area (Å²) in [5.41, 5.74) is -1.07. The van der Waals surface area contributed by atoms with Crippen molar-refractivity contribution >= 4 is 18.5 Å². The van der Waals surface area contributed by atoms with Gasteiger partial charge in [0.1, 0.15) is 18.2 Å². The zero-order valence-corrected chi connectivity index (χ0v) is 20.0. The molecule has 4 aliphatic rings. The third-order valence-electron chi connectivity index (χ3n) is 8.11. The summed E-state index contributed by atoms with van der Waals surface area (Å²) in [6, 6.07) is 3.03. The molecule has 33 heavy (non-hydrogen) atoms. The lowest BCUT2D eigenvalue weighted by atomic mass is 9.78. The predicted molar refractivity (Wildman–Crippen MR) is 120 cm³/mol. The van der Waals surface area contributed by atoms with Crippen LogP contribution < -0.4 is 5.46 Å². The first-order valence-corrected chi connectivity index (χ1v) is 12.0. The number of benzene rings is 1. The van der Waals surface area contributed by atoms with Crippen LogP contribution in [0.15, 0.2) is 12.1 Å². The normalized spacial score (nSPS) is 26.9. The van der Waals surface area contributed by atoms with Crippen molar-refractivity contribution in [3.63, 3.8) is 0 Å². The molecule has 0 N–H and O–H groups in total. The molecule has 0 unspecified atom stereocenters. The molecule has 1 aromatic carbocycles. The van der Waals surface area contributed by atoms with Gasteiger partial charge in [0.2, 0.25) is 5.91 Å². The summed E-state index contributed by atoms with van der Waals surface area (Å²) < 4.78 is 47.9. The molecule has 0 aromatic heterocycles. The summed E-state index contributed by atoms with van der Waals surface area (Å²) >= 11 is 0. The van der Waals surface area contributed by atoms with Gasteiger partial charge in [0, 0.05) is 31.2 Å². The molecule has 9 heteroatoms. The Kier molecular flexibility index (Phi) is 5.63. The van der Waals surface area contributed by atoms with Gasteiger partial charge in [-0.3, -0.25) is 9.69 Å². The van der Waals surface area contributed by atoms with Gasteiger partial charge >= 0.3 is 7.12 Å². The van der Waals surface area contributed by atoms with E-state index in [0.29, 0.717) is 31.1 Å². The number of carbonyl (C=O) groups is 1. The van der Waals surface area contributed by atoms with Gasteiger partial charge < -0.3 is 18.9 Å².